The number of alkyl carbamates (subject to hydrolysis) is 1. The molecule has 1 heterocycles. The van der Waals surface area contributed by atoms with Crippen LogP contribution in [0.1, 0.15) is 56.5 Å². The predicted octanol–water partition coefficient (Wildman–Crippen LogP) is 4.48. The number of nitrogens with one attached hydrogen (secondary N) is 2. The molecule has 0 saturated heterocycles. The summed E-state index contributed by atoms with van der Waals surface area (Å²) in [5.74, 6) is 5.62. The number of anilines is 1. The molecule has 39 heavy (non-hydrogen) atoms. The highest BCUT2D eigenvalue weighted by molar-refractivity contribution is 6.08. The smallest absolute Gasteiger partial charge is 0.408 e. The zero-order valence-corrected chi connectivity index (χ0v) is 22.8. The van der Waals surface area contributed by atoms with Crippen LogP contribution in [-0.2, 0) is 9.53 Å². The summed E-state index contributed by atoms with van der Waals surface area (Å²) in [7, 11) is 0. The normalized spacial score (nSPS) is 12.4. The number of hydrogen-bond acceptors (Lipinski definition) is 6. The molecule has 0 bridgehead atoms. The highest BCUT2D eigenvalue weighted by Crippen LogP contribution is 2.28. The average Bonchev–Trinajstić information content (AvgIpc) is 3.04. The molecule has 0 aliphatic carbocycles. The molecule has 0 spiro atoms. The molecule has 3 amide bonds. The largest absolute Gasteiger partial charge is 0.444 e. The number of aliphatic imine (C=N–C) groups is 1. The minimum atomic E-state index is -0.589. The molecular weight excluding hydrogens is 494 g/mol. The van der Waals surface area contributed by atoms with E-state index in [9.17, 15) is 14.4 Å². The first kappa shape index (κ1) is 29.0. The van der Waals surface area contributed by atoms with Crippen LogP contribution >= 0.6 is 0 Å². The number of amides is 3. The summed E-state index contributed by atoms with van der Waals surface area (Å²) in [5, 5.41) is 5.43. The van der Waals surface area contributed by atoms with E-state index >= 15 is 0 Å². The van der Waals surface area contributed by atoms with E-state index in [-0.39, 0.29) is 37.2 Å². The first-order chi connectivity index (χ1) is 18.6. The van der Waals surface area contributed by atoms with Crippen LogP contribution in [0.3, 0.4) is 0 Å². The van der Waals surface area contributed by atoms with Crippen LogP contribution in [0, 0.1) is 11.8 Å². The summed E-state index contributed by atoms with van der Waals surface area (Å²) in [6.07, 6.45) is 2.14. The van der Waals surface area contributed by atoms with Crippen molar-refractivity contribution in [1.82, 2.24) is 10.2 Å². The number of rotatable bonds is 7. The minimum absolute atomic E-state index is 0.110. The van der Waals surface area contributed by atoms with Crippen molar-refractivity contribution in [3.8, 4) is 11.8 Å². The van der Waals surface area contributed by atoms with Gasteiger partial charge in [-0.1, -0.05) is 43.0 Å². The number of hydrogen-bond donors (Lipinski definition) is 3. The van der Waals surface area contributed by atoms with Gasteiger partial charge in [0.15, 0.2) is 0 Å². The molecule has 0 aromatic heterocycles. The molecule has 4 N–H and O–H groups in total. The Morgan fingerprint density at radius 3 is 2.54 bits per heavy atom. The number of amidine groups is 1. The summed E-state index contributed by atoms with van der Waals surface area (Å²) in [5.41, 5.74) is 8.40. The number of carbonyl (C=O) groups excluding carboxylic acids is 3. The van der Waals surface area contributed by atoms with Gasteiger partial charge in [-0.25, -0.2) is 9.79 Å². The second-order valence-corrected chi connectivity index (χ2v) is 9.98. The fraction of sp³-hybridized carbons (Fsp3) is 0.333. The summed E-state index contributed by atoms with van der Waals surface area (Å²) in [4.78, 5) is 44.0. The predicted molar refractivity (Wildman–Crippen MR) is 154 cm³/mol. The molecule has 0 fully saturated rings. The highest BCUT2D eigenvalue weighted by atomic mass is 16.6. The maximum Gasteiger partial charge on any atom is 0.408 e. The Labute approximate surface area is 229 Å². The number of nitrogens with two attached hydrogens (primary N) is 1. The van der Waals surface area contributed by atoms with Crippen LogP contribution in [-0.4, -0.2) is 53.9 Å². The third kappa shape index (κ3) is 9.04. The molecule has 9 nitrogen and oxygen atoms in total. The van der Waals surface area contributed by atoms with Crippen LogP contribution in [0.25, 0.3) is 6.08 Å². The van der Waals surface area contributed by atoms with Gasteiger partial charge in [-0.2, -0.15) is 0 Å². The number of nitrogens with zero attached hydrogens (tertiary/aromatic N) is 2. The average molecular weight is 530 g/mol. The van der Waals surface area contributed by atoms with Gasteiger partial charge in [0, 0.05) is 35.4 Å². The summed E-state index contributed by atoms with van der Waals surface area (Å²) < 4.78 is 5.18. The SMILES string of the molecule is CCCN(CC#CCNC(=O)OC(C)(C)C)C(=O)C1=Cc2ccc(C(=O)Nc3ccccc3)cc2N=C(N)C1. The van der Waals surface area contributed by atoms with E-state index in [0.717, 1.165) is 6.42 Å². The molecule has 0 unspecified atom stereocenters. The summed E-state index contributed by atoms with van der Waals surface area (Å²) in [6, 6.07) is 14.3. The maximum atomic E-state index is 13.4. The van der Waals surface area contributed by atoms with E-state index in [1.807, 2.05) is 37.3 Å². The molecule has 1 aliphatic heterocycles. The standard InChI is InChI=1S/C30H35N5O4/c1-5-16-35(17-10-9-15-32-29(38)39-30(2,3)4)28(37)23-18-21-13-14-22(19-25(21)34-26(31)20-23)27(36)33-24-11-7-6-8-12-24/h6-8,11-14,18-19H,5,15-17,20H2,1-4H3,(H2,31,34)(H,32,38)(H,33,36). The van der Waals surface area contributed by atoms with E-state index in [1.54, 1.807) is 49.9 Å². The van der Waals surface area contributed by atoms with Gasteiger partial charge in [-0.05, 0) is 57.5 Å². The van der Waals surface area contributed by atoms with Crippen molar-refractivity contribution in [2.45, 2.75) is 46.1 Å². The molecule has 0 radical (unpaired) electrons. The van der Waals surface area contributed by atoms with Crippen LogP contribution < -0.4 is 16.4 Å². The Morgan fingerprint density at radius 1 is 1.10 bits per heavy atom. The van der Waals surface area contributed by atoms with Crippen LogP contribution in [0.5, 0.6) is 0 Å². The van der Waals surface area contributed by atoms with Gasteiger partial charge in [0.2, 0.25) is 0 Å². The fourth-order valence-corrected chi connectivity index (χ4v) is 3.76. The molecule has 0 atom stereocenters. The first-order valence-electron chi connectivity index (χ1n) is 12.8. The van der Waals surface area contributed by atoms with Gasteiger partial charge in [0.25, 0.3) is 11.8 Å². The van der Waals surface area contributed by atoms with Gasteiger partial charge in [-0.15, -0.1) is 0 Å². The molecule has 204 valence electrons. The van der Waals surface area contributed by atoms with E-state index in [4.69, 9.17) is 10.5 Å². The Hall–Kier alpha value is -4.58. The Balaban J connectivity index is 1.71. The number of fused-ring (bicyclic) bond motifs is 1. The van der Waals surface area contributed by atoms with Crippen molar-refractivity contribution in [2.75, 3.05) is 25.0 Å². The van der Waals surface area contributed by atoms with E-state index in [2.05, 4.69) is 27.5 Å². The molecule has 3 rings (SSSR count). The van der Waals surface area contributed by atoms with Crippen LogP contribution in [0.2, 0.25) is 0 Å². The lowest BCUT2D eigenvalue weighted by Crippen LogP contribution is -2.34. The zero-order valence-electron chi connectivity index (χ0n) is 22.8. The first-order valence-corrected chi connectivity index (χ1v) is 12.8. The number of para-hydroxylation sites is 1. The number of benzene rings is 2. The van der Waals surface area contributed by atoms with Crippen molar-refractivity contribution >= 4 is 41.2 Å². The molecule has 2 aromatic rings. The zero-order chi connectivity index (χ0) is 28.4. The molecule has 9 heteroatoms. The molecule has 1 aliphatic rings. The van der Waals surface area contributed by atoms with Gasteiger partial charge in [0.05, 0.1) is 18.8 Å². The van der Waals surface area contributed by atoms with E-state index in [0.29, 0.717) is 34.6 Å². The van der Waals surface area contributed by atoms with E-state index < -0.39 is 11.7 Å². The van der Waals surface area contributed by atoms with Gasteiger partial charge < -0.3 is 26.0 Å². The number of carbonyl (C=O) groups is 3. The highest BCUT2D eigenvalue weighted by Gasteiger charge is 2.21. The lowest BCUT2D eigenvalue weighted by Gasteiger charge is -2.21. The Kier molecular flexibility index (Phi) is 9.87. The molecule has 2 aromatic carbocycles. The third-order valence-corrected chi connectivity index (χ3v) is 5.46. The fourth-order valence-electron chi connectivity index (χ4n) is 3.76. The Bertz CT molecular complexity index is 1330. The summed E-state index contributed by atoms with van der Waals surface area (Å²) in [6.45, 7) is 8.14. The number of ether oxygens (including phenoxy) is 1. The molecular formula is C30H35N5O4. The van der Waals surface area contributed by atoms with Crippen LogP contribution in [0.15, 0.2) is 59.1 Å². The van der Waals surface area contributed by atoms with Crippen LogP contribution in [0.4, 0.5) is 16.2 Å². The monoisotopic (exact) mass is 529 g/mol. The summed E-state index contributed by atoms with van der Waals surface area (Å²) >= 11 is 0. The van der Waals surface area contributed by atoms with Crippen molar-refractivity contribution < 1.29 is 19.1 Å². The van der Waals surface area contributed by atoms with Crippen molar-refractivity contribution in [1.29, 1.82) is 0 Å². The second-order valence-electron chi connectivity index (χ2n) is 9.98. The quantitative estimate of drug-likeness (QED) is 0.456. The van der Waals surface area contributed by atoms with E-state index in [1.165, 1.54) is 0 Å². The van der Waals surface area contributed by atoms with Crippen molar-refractivity contribution in [2.24, 2.45) is 10.7 Å². The Morgan fingerprint density at radius 2 is 1.85 bits per heavy atom. The molecule has 0 saturated carbocycles. The lowest BCUT2D eigenvalue weighted by molar-refractivity contribution is -0.126. The maximum absolute atomic E-state index is 13.4. The second kappa shape index (κ2) is 13.3. The van der Waals surface area contributed by atoms with Crippen molar-refractivity contribution in [3.63, 3.8) is 0 Å². The third-order valence-electron chi connectivity index (χ3n) is 5.46. The van der Waals surface area contributed by atoms with Gasteiger partial charge in [-0.3, -0.25) is 9.59 Å². The van der Waals surface area contributed by atoms with Crippen molar-refractivity contribution in [3.05, 3.63) is 65.2 Å². The topological polar surface area (TPSA) is 126 Å². The van der Waals surface area contributed by atoms with Gasteiger partial charge in [0.1, 0.15) is 11.4 Å². The minimum Gasteiger partial charge on any atom is -0.444 e. The van der Waals surface area contributed by atoms with Gasteiger partial charge >= 0.3 is 6.09 Å². The lowest BCUT2D eigenvalue weighted by atomic mass is 10.0.